The number of imidazole rings is 1. The second kappa shape index (κ2) is 15.8. The molecule has 0 spiro atoms. The lowest BCUT2D eigenvalue weighted by Crippen LogP contribution is -2.21. The van der Waals surface area contributed by atoms with Crippen molar-refractivity contribution in [2.75, 3.05) is 19.8 Å². The molecule has 0 aliphatic heterocycles. The monoisotopic (exact) mass is 620 g/mol. The maximum absolute atomic E-state index is 6.07. The predicted octanol–water partition coefficient (Wildman–Crippen LogP) is 8.07. The number of hydrogen-bond donors (Lipinski definition) is 1. The van der Waals surface area contributed by atoms with Gasteiger partial charge in [-0.1, -0.05) is 42.5 Å². The van der Waals surface area contributed by atoms with Crippen molar-refractivity contribution in [3.63, 3.8) is 0 Å². The summed E-state index contributed by atoms with van der Waals surface area (Å²) in [5.41, 5.74) is 5.14. The quantitative estimate of drug-likeness (QED) is 0.122. The zero-order valence-corrected chi connectivity index (χ0v) is 27.9. The molecule has 0 saturated heterocycles. The summed E-state index contributed by atoms with van der Waals surface area (Å²) in [4.78, 5) is 9.49. The first-order valence-electron chi connectivity index (χ1n) is 16.5. The lowest BCUT2D eigenvalue weighted by molar-refractivity contribution is 0.155. The molecule has 46 heavy (non-hydrogen) atoms. The third kappa shape index (κ3) is 8.88. The Labute approximate surface area is 274 Å². The third-order valence-corrected chi connectivity index (χ3v) is 8.00. The molecule has 1 aromatic heterocycles. The summed E-state index contributed by atoms with van der Waals surface area (Å²) < 4.78 is 19.6. The summed E-state index contributed by atoms with van der Waals surface area (Å²) in [6.45, 7) is 13.2. The first kappa shape index (κ1) is 33.0. The summed E-state index contributed by atoms with van der Waals surface area (Å²) in [7, 11) is 0. The van der Waals surface area contributed by atoms with Gasteiger partial charge in [-0.25, -0.2) is 4.98 Å². The number of nitrogens with one attached hydrogen (secondary N) is 1. The molecule has 2 aliphatic carbocycles. The van der Waals surface area contributed by atoms with E-state index in [1.807, 2.05) is 51.8 Å². The van der Waals surface area contributed by atoms with Gasteiger partial charge in [-0.2, -0.15) is 0 Å². The lowest BCUT2D eigenvalue weighted by Gasteiger charge is -2.23. The van der Waals surface area contributed by atoms with Crippen LogP contribution >= 0.6 is 0 Å². The zero-order chi connectivity index (χ0) is 32.4. The van der Waals surface area contributed by atoms with Crippen LogP contribution in [-0.2, 0) is 16.0 Å². The standard InChI is InChI=1S/C39H48N4O3/c1-6-44-24-7-9-31-10-12-32(13-11-31)27-42-38(39-19-18-36(46-30(4)5)25-34(39)26-39)37(41-20-8-22-43-23-21-40-28-43)33-14-16-35(17-15-33)45-29(2)3/h7,9-19,21,23,25,27-30,34,41H,6,8,20,22,24,26H2,1-5H3/b9-7+,38-37-,42-27?. The minimum atomic E-state index is -0.206. The van der Waals surface area contributed by atoms with Crippen LogP contribution in [0.1, 0.15) is 64.2 Å². The van der Waals surface area contributed by atoms with E-state index in [0.29, 0.717) is 19.1 Å². The molecule has 1 heterocycles. The minimum absolute atomic E-state index is 0.112. The van der Waals surface area contributed by atoms with Crippen molar-refractivity contribution in [3.8, 4) is 5.75 Å². The summed E-state index contributed by atoms with van der Waals surface area (Å²) in [5, 5.41) is 3.81. The van der Waals surface area contributed by atoms with Crippen LogP contribution in [0.3, 0.4) is 0 Å². The smallest absolute Gasteiger partial charge is 0.119 e. The van der Waals surface area contributed by atoms with Gasteiger partial charge in [0.05, 0.1) is 36.5 Å². The van der Waals surface area contributed by atoms with Crippen LogP contribution in [0.5, 0.6) is 5.75 Å². The molecule has 0 radical (unpaired) electrons. The van der Waals surface area contributed by atoms with Gasteiger partial charge in [0.25, 0.3) is 0 Å². The number of ether oxygens (including phenoxy) is 3. The van der Waals surface area contributed by atoms with Gasteiger partial charge in [0, 0.05) is 43.7 Å². The number of nitrogens with zero attached hydrogens (tertiary/aromatic N) is 3. The summed E-state index contributed by atoms with van der Waals surface area (Å²) in [6, 6.07) is 16.8. The number of aliphatic imine (C=N–C) groups is 1. The molecule has 242 valence electrons. The van der Waals surface area contributed by atoms with Gasteiger partial charge in [0.1, 0.15) is 11.5 Å². The highest BCUT2D eigenvalue weighted by atomic mass is 16.5. The number of aromatic nitrogens is 2. The second-order valence-electron chi connectivity index (χ2n) is 12.4. The van der Waals surface area contributed by atoms with Crippen LogP contribution in [0.25, 0.3) is 11.8 Å². The number of allylic oxidation sites excluding steroid dienone is 3. The van der Waals surface area contributed by atoms with Crippen LogP contribution in [0.4, 0.5) is 0 Å². The number of rotatable bonds is 17. The topological polar surface area (TPSA) is 69.9 Å². The van der Waals surface area contributed by atoms with Gasteiger partial charge >= 0.3 is 0 Å². The molecule has 0 amide bonds. The van der Waals surface area contributed by atoms with Crippen LogP contribution in [-0.4, -0.2) is 47.7 Å². The Morgan fingerprint density at radius 2 is 1.80 bits per heavy atom. The van der Waals surface area contributed by atoms with Gasteiger partial charge in [0.2, 0.25) is 0 Å². The summed E-state index contributed by atoms with van der Waals surface area (Å²) in [5.74, 6) is 2.12. The largest absolute Gasteiger partial charge is 0.491 e. The van der Waals surface area contributed by atoms with Crippen molar-refractivity contribution in [1.29, 1.82) is 0 Å². The molecule has 1 fully saturated rings. The molecule has 7 nitrogen and oxygen atoms in total. The van der Waals surface area contributed by atoms with Crippen LogP contribution < -0.4 is 10.1 Å². The average molecular weight is 621 g/mol. The highest BCUT2D eigenvalue weighted by Gasteiger charge is 2.56. The van der Waals surface area contributed by atoms with E-state index in [-0.39, 0.29) is 17.6 Å². The maximum Gasteiger partial charge on any atom is 0.119 e. The fourth-order valence-electron chi connectivity index (χ4n) is 5.70. The average Bonchev–Trinajstić information content (AvgIpc) is 3.52. The fraction of sp³-hybridized carbons (Fsp3) is 0.385. The SMILES string of the molecule is CCOC/C=C/c1ccc(C=N/C(=C(\NCCCn2ccnc2)c2ccc(OC(C)C)cc2)C23C=CC(OC(C)C)=CC2C3)cc1. The summed E-state index contributed by atoms with van der Waals surface area (Å²) >= 11 is 0. The Morgan fingerprint density at radius 3 is 2.48 bits per heavy atom. The van der Waals surface area contributed by atoms with E-state index in [1.54, 1.807) is 0 Å². The molecule has 5 rings (SSSR count). The van der Waals surface area contributed by atoms with Crippen molar-refractivity contribution in [2.24, 2.45) is 16.3 Å². The van der Waals surface area contributed by atoms with E-state index in [1.165, 1.54) is 0 Å². The van der Waals surface area contributed by atoms with E-state index in [4.69, 9.17) is 19.2 Å². The van der Waals surface area contributed by atoms with Crippen LogP contribution in [0.2, 0.25) is 0 Å². The molecule has 1 N–H and O–H groups in total. The van der Waals surface area contributed by atoms with Crippen molar-refractivity contribution < 1.29 is 14.2 Å². The molecule has 2 unspecified atom stereocenters. The van der Waals surface area contributed by atoms with Gasteiger partial charge in [-0.15, -0.1) is 0 Å². The molecule has 7 heteroatoms. The van der Waals surface area contributed by atoms with Gasteiger partial charge in [-0.05, 0) is 106 Å². The van der Waals surface area contributed by atoms with Gasteiger partial charge in [0.15, 0.2) is 0 Å². The Balaban J connectivity index is 1.48. The Kier molecular flexibility index (Phi) is 11.3. The molecular formula is C39H48N4O3. The Morgan fingerprint density at radius 1 is 1.04 bits per heavy atom. The molecule has 2 aromatic carbocycles. The van der Waals surface area contributed by atoms with E-state index >= 15 is 0 Å². The van der Waals surface area contributed by atoms with E-state index in [0.717, 1.165) is 65.5 Å². The minimum Gasteiger partial charge on any atom is -0.491 e. The number of benzene rings is 2. The first-order valence-corrected chi connectivity index (χ1v) is 16.5. The molecular weight excluding hydrogens is 572 g/mol. The molecule has 2 aliphatic rings. The summed E-state index contributed by atoms with van der Waals surface area (Å²) in [6.07, 6.45) is 20.7. The van der Waals surface area contributed by atoms with Crippen LogP contribution in [0.15, 0.2) is 108 Å². The zero-order valence-electron chi connectivity index (χ0n) is 27.9. The van der Waals surface area contributed by atoms with Crippen molar-refractivity contribution in [1.82, 2.24) is 14.9 Å². The van der Waals surface area contributed by atoms with Gasteiger partial charge in [-0.3, -0.25) is 4.99 Å². The Bertz CT molecular complexity index is 1550. The highest BCUT2D eigenvalue weighted by Crippen LogP contribution is 2.63. The van der Waals surface area contributed by atoms with E-state index in [9.17, 15) is 0 Å². The van der Waals surface area contributed by atoms with Crippen molar-refractivity contribution in [2.45, 2.75) is 66.2 Å². The van der Waals surface area contributed by atoms with Gasteiger partial charge < -0.3 is 24.1 Å². The molecule has 3 aromatic rings. The number of fused-ring (bicyclic) bond motifs is 1. The number of hydrogen-bond acceptors (Lipinski definition) is 6. The van der Waals surface area contributed by atoms with Crippen molar-refractivity contribution in [3.05, 3.63) is 120 Å². The second-order valence-corrected chi connectivity index (χ2v) is 12.4. The maximum atomic E-state index is 6.07. The van der Waals surface area contributed by atoms with Crippen molar-refractivity contribution >= 4 is 18.0 Å². The van der Waals surface area contributed by atoms with Crippen LogP contribution in [0, 0.1) is 11.3 Å². The molecule has 1 saturated carbocycles. The first-order chi connectivity index (χ1) is 22.4. The molecule has 2 atom stereocenters. The Hall–Kier alpha value is -4.36. The fourth-order valence-corrected chi connectivity index (χ4v) is 5.70. The third-order valence-electron chi connectivity index (χ3n) is 8.00. The normalized spacial score (nSPS) is 19.5. The lowest BCUT2D eigenvalue weighted by atomic mass is 9.91. The highest BCUT2D eigenvalue weighted by molar-refractivity contribution is 5.83. The predicted molar refractivity (Wildman–Crippen MR) is 188 cm³/mol. The van der Waals surface area contributed by atoms with E-state index in [2.05, 4.69) is 102 Å². The van der Waals surface area contributed by atoms with E-state index < -0.39 is 0 Å². The molecule has 0 bridgehead atoms. The number of aryl methyl sites for hydroxylation is 1.